The van der Waals surface area contributed by atoms with Gasteiger partial charge in [0.2, 0.25) is 0 Å². The van der Waals surface area contributed by atoms with Crippen molar-refractivity contribution in [2.45, 2.75) is 71.4 Å². The van der Waals surface area contributed by atoms with Crippen LogP contribution in [0.1, 0.15) is 69.2 Å². The van der Waals surface area contributed by atoms with E-state index in [4.69, 9.17) is 0 Å². The van der Waals surface area contributed by atoms with Gasteiger partial charge in [-0.1, -0.05) is 118 Å². The van der Waals surface area contributed by atoms with E-state index in [-0.39, 0.29) is 5.69 Å². The van der Waals surface area contributed by atoms with E-state index in [0.717, 1.165) is 65.9 Å². The van der Waals surface area contributed by atoms with Crippen LogP contribution in [0.25, 0.3) is 21.8 Å². The smallest absolute Gasteiger partial charge is 0.311 e. The van der Waals surface area contributed by atoms with Crippen LogP contribution in [-0.4, -0.2) is 15.2 Å². The fraction of sp³-hybridized carbons (Fsp3) is 0.208. The Kier molecular flexibility index (Phi) is 15.0. The van der Waals surface area contributed by atoms with Gasteiger partial charge in [-0.15, -0.1) is 11.3 Å². The number of nitrogens with one attached hydrogen (secondary N) is 1. The third kappa shape index (κ3) is 11.5. The van der Waals surface area contributed by atoms with Gasteiger partial charge < -0.3 is 9.80 Å². The summed E-state index contributed by atoms with van der Waals surface area (Å²) >= 11 is 1.77. The minimum absolute atomic E-state index is 0.150. The van der Waals surface area contributed by atoms with Crippen molar-refractivity contribution in [3.63, 3.8) is 0 Å². The largest absolute Gasteiger partial charge is 0.432 e. The van der Waals surface area contributed by atoms with Crippen LogP contribution in [0, 0.1) is 0 Å². The number of aromatic amines is 1. The molecule has 0 saturated carbocycles. The number of unbranched alkanes of at least 4 members (excludes halogenated alkanes) is 4. The molecular weight excluding hydrogens is 796 g/mol. The van der Waals surface area contributed by atoms with E-state index < -0.39 is 11.9 Å². The number of nitrogens with zero attached hydrogens (tertiary/aromatic N) is 4. The standard InChI is InChI=1S/C31H35F3N4.C22H17NS/c1-3-5-7-9-23-11-15-25(16-12-23)38(26-17-13-24(14-18-26)10-8-6-4-2)27-19-20-35-28(21-27)29-22-30(37-36-29)31(32,33)34;1-3-8-19(9-4-1)23(20-10-5-2-6-11-20)21-15-13-18(14-16-21)22-12-7-17-24-22/h11-22H,3-10H2,1-2H3,(H,36,37);1-17H. The first kappa shape index (κ1) is 43.6. The van der Waals surface area contributed by atoms with Crippen LogP contribution in [0.2, 0.25) is 0 Å². The molecule has 3 aromatic heterocycles. The lowest BCUT2D eigenvalue weighted by Gasteiger charge is -2.26. The van der Waals surface area contributed by atoms with Gasteiger partial charge in [0.1, 0.15) is 11.4 Å². The van der Waals surface area contributed by atoms with Crippen LogP contribution < -0.4 is 9.80 Å². The van der Waals surface area contributed by atoms with Gasteiger partial charge in [0.25, 0.3) is 0 Å². The summed E-state index contributed by atoms with van der Waals surface area (Å²) in [7, 11) is 0. The van der Waals surface area contributed by atoms with E-state index in [1.807, 2.05) is 18.2 Å². The molecule has 0 amide bonds. The number of hydrogen-bond donors (Lipinski definition) is 1. The van der Waals surface area contributed by atoms with Crippen molar-refractivity contribution >= 4 is 45.5 Å². The Hall–Kier alpha value is -6.45. The average molecular weight is 848 g/mol. The Labute approximate surface area is 367 Å². The second-order valence-electron chi connectivity index (χ2n) is 15.2. The molecule has 8 rings (SSSR count). The van der Waals surface area contributed by atoms with E-state index in [2.05, 4.69) is 178 Å². The van der Waals surface area contributed by atoms with Gasteiger partial charge in [0.15, 0.2) is 0 Å². The highest BCUT2D eigenvalue weighted by Crippen LogP contribution is 2.38. The zero-order valence-corrected chi connectivity index (χ0v) is 36.0. The molecule has 5 aromatic carbocycles. The van der Waals surface area contributed by atoms with Gasteiger partial charge in [-0.2, -0.15) is 18.3 Å². The molecule has 0 aliphatic rings. The van der Waals surface area contributed by atoms with Crippen molar-refractivity contribution in [3.8, 4) is 21.8 Å². The summed E-state index contributed by atoms with van der Waals surface area (Å²) in [4.78, 5) is 9.99. The molecule has 0 spiro atoms. The van der Waals surface area contributed by atoms with Crippen molar-refractivity contribution in [2.24, 2.45) is 0 Å². The average Bonchev–Trinajstić information content (AvgIpc) is 4.04. The summed E-state index contributed by atoms with van der Waals surface area (Å²) in [6, 6.07) is 55.6. The highest BCUT2D eigenvalue weighted by Gasteiger charge is 2.33. The first-order valence-electron chi connectivity index (χ1n) is 21.4. The Morgan fingerprint density at radius 1 is 0.516 bits per heavy atom. The predicted molar refractivity (Wildman–Crippen MR) is 252 cm³/mol. The number of hydrogen-bond acceptors (Lipinski definition) is 5. The number of rotatable bonds is 16. The number of thiophene rings is 1. The minimum Gasteiger partial charge on any atom is -0.311 e. The first-order chi connectivity index (χ1) is 30.3. The van der Waals surface area contributed by atoms with Gasteiger partial charge in [-0.25, -0.2) is 0 Å². The molecule has 5 nitrogen and oxygen atoms in total. The molecule has 0 aliphatic carbocycles. The fourth-order valence-corrected chi connectivity index (χ4v) is 8.08. The van der Waals surface area contributed by atoms with Crippen molar-refractivity contribution in [1.29, 1.82) is 0 Å². The summed E-state index contributed by atoms with van der Waals surface area (Å²) in [5.74, 6) is 0. The van der Waals surface area contributed by atoms with Gasteiger partial charge in [-0.3, -0.25) is 10.1 Å². The number of H-pyrrole nitrogens is 1. The topological polar surface area (TPSA) is 48.1 Å². The number of alkyl halides is 3. The number of halogens is 3. The fourth-order valence-electron chi connectivity index (χ4n) is 7.34. The molecule has 0 atom stereocenters. The quantitative estimate of drug-likeness (QED) is 0.0984. The SMILES string of the molecule is CCCCCc1ccc(N(c2ccc(CCCCC)cc2)c2ccnc(-c3cc(C(F)(F)F)[nH]n3)c2)cc1.c1ccc(N(c2ccccc2)c2ccc(-c3cccs3)cc2)cc1. The van der Waals surface area contributed by atoms with E-state index in [0.29, 0.717) is 5.69 Å². The third-order valence-electron chi connectivity index (χ3n) is 10.6. The van der Waals surface area contributed by atoms with Crippen LogP contribution in [0.4, 0.5) is 47.3 Å². The van der Waals surface area contributed by atoms with Crippen molar-refractivity contribution in [2.75, 3.05) is 9.80 Å². The van der Waals surface area contributed by atoms with Crippen LogP contribution in [0.15, 0.2) is 175 Å². The molecule has 0 unspecified atom stereocenters. The number of para-hydroxylation sites is 2. The molecule has 0 saturated heterocycles. The monoisotopic (exact) mass is 847 g/mol. The zero-order chi connectivity index (χ0) is 43.2. The van der Waals surface area contributed by atoms with Gasteiger partial charge in [0, 0.05) is 45.2 Å². The molecule has 0 aliphatic heterocycles. The lowest BCUT2D eigenvalue weighted by molar-refractivity contribution is -0.141. The first-order valence-corrected chi connectivity index (χ1v) is 22.3. The summed E-state index contributed by atoms with van der Waals surface area (Å²) in [5, 5.41) is 8.06. The molecule has 8 aromatic rings. The molecule has 1 N–H and O–H groups in total. The number of aromatic nitrogens is 3. The molecule has 3 heterocycles. The normalized spacial score (nSPS) is 11.2. The van der Waals surface area contributed by atoms with E-state index in [9.17, 15) is 13.2 Å². The van der Waals surface area contributed by atoms with E-state index in [1.54, 1.807) is 23.6 Å². The molecule has 62 heavy (non-hydrogen) atoms. The van der Waals surface area contributed by atoms with Gasteiger partial charge in [-0.05, 0) is 133 Å². The van der Waals surface area contributed by atoms with Crippen LogP contribution in [0.3, 0.4) is 0 Å². The second kappa shape index (κ2) is 21.4. The number of anilines is 6. The maximum Gasteiger partial charge on any atom is 0.432 e. The third-order valence-corrected chi connectivity index (χ3v) is 11.6. The molecule has 0 fully saturated rings. The Balaban J connectivity index is 0.000000206. The van der Waals surface area contributed by atoms with Crippen LogP contribution >= 0.6 is 11.3 Å². The van der Waals surface area contributed by atoms with Gasteiger partial charge >= 0.3 is 6.18 Å². The van der Waals surface area contributed by atoms with E-state index >= 15 is 0 Å². The predicted octanol–water partition coefficient (Wildman–Crippen LogP) is 16.3. The molecule has 0 bridgehead atoms. The minimum atomic E-state index is -4.49. The molecular formula is C53H52F3N5S. The summed E-state index contributed by atoms with van der Waals surface area (Å²) in [5.41, 5.74) is 9.68. The lowest BCUT2D eigenvalue weighted by atomic mass is 10.0. The number of benzene rings is 5. The number of aryl methyl sites for hydroxylation is 2. The maximum atomic E-state index is 13.1. The highest BCUT2D eigenvalue weighted by molar-refractivity contribution is 7.13. The maximum absolute atomic E-state index is 13.1. The Bertz CT molecular complexity index is 2430. The summed E-state index contributed by atoms with van der Waals surface area (Å²) in [6.45, 7) is 4.40. The Morgan fingerprint density at radius 2 is 1.02 bits per heavy atom. The second-order valence-corrected chi connectivity index (χ2v) is 16.1. The van der Waals surface area contributed by atoms with Crippen molar-refractivity contribution in [3.05, 3.63) is 192 Å². The summed E-state index contributed by atoms with van der Waals surface area (Å²) < 4.78 is 39.4. The van der Waals surface area contributed by atoms with Crippen LogP contribution in [0.5, 0.6) is 0 Å². The highest BCUT2D eigenvalue weighted by atomic mass is 32.1. The number of pyridine rings is 1. The van der Waals surface area contributed by atoms with E-state index in [1.165, 1.54) is 47.3 Å². The lowest BCUT2D eigenvalue weighted by Crippen LogP contribution is -2.10. The summed E-state index contributed by atoms with van der Waals surface area (Å²) in [6.07, 6.45) is 6.32. The molecule has 9 heteroatoms. The van der Waals surface area contributed by atoms with Gasteiger partial charge in [0.05, 0.1) is 5.69 Å². The van der Waals surface area contributed by atoms with Crippen molar-refractivity contribution < 1.29 is 13.2 Å². The van der Waals surface area contributed by atoms with Crippen molar-refractivity contribution in [1.82, 2.24) is 15.2 Å². The zero-order valence-electron chi connectivity index (χ0n) is 35.2. The van der Waals surface area contributed by atoms with Crippen LogP contribution in [-0.2, 0) is 19.0 Å². The molecule has 0 radical (unpaired) electrons. The Morgan fingerprint density at radius 3 is 1.48 bits per heavy atom. The molecule has 316 valence electrons.